The van der Waals surface area contributed by atoms with Crippen molar-refractivity contribution in [1.82, 2.24) is 4.31 Å². The van der Waals surface area contributed by atoms with Crippen LogP contribution >= 0.6 is 0 Å². The highest BCUT2D eigenvalue weighted by Crippen LogP contribution is 2.28. The van der Waals surface area contributed by atoms with Crippen LogP contribution in [-0.2, 0) is 16.4 Å². The van der Waals surface area contributed by atoms with Crippen LogP contribution in [0.5, 0.6) is 0 Å². The molecule has 4 nitrogen and oxygen atoms in total. The van der Waals surface area contributed by atoms with Crippen LogP contribution in [0.3, 0.4) is 0 Å². The van der Waals surface area contributed by atoms with Crippen molar-refractivity contribution in [2.45, 2.75) is 44.0 Å². The molecule has 1 saturated heterocycles. The zero-order valence-corrected chi connectivity index (χ0v) is 13.1. The lowest BCUT2D eigenvalue weighted by molar-refractivity contribution is 0.202. The monoisotopic (exact) mass is 296 g/mol. The van der Waals surface area contributed by atoms with Crippen molar-refractivity contribution in [1.29, 1.82) is 0 Å². The number of rotatable bonds is 4. The molecule has 2 N–H and O–H groups in total. The van der Waals surface area contributed by atoms with Crippen LogP contribution in [0.4, 0.5) is 0 Å². The van der Waals surface area contributed by atoms with E-state index in [1.54, 1.807) is 16.4 Å². The Bertz CT molecular complexity index is 539. The fraction of sp³-hybridized carbons (Fsp3) is 0.600. The summed E-state index contributed by atoms with van der Waals surface area (Å²) in [7, 11) is -3.37. The molecular formula is C15H24N2O2S. The van der Waals surface area contributed by atoms with Crippen molar-refractivity contribution >= 4 is 10.0 Å². The van der Waals surface area contributed by atoms with Crippen molar-refractivity contribution in [3.05, 3.63) is 29.8 Å². The molecule has 0 saturated carbocycles. The van der Waals surface area contributed by atoms with Crippen molar-refractivity contribution in [2.24, 2.45) is 11.7 Å². The van der Waals surface area contributed by atoms with E-state index < -0.39 is 10.0 Å². The van der Waals surface area contributed by atoms with Crippen LogP contribution in [0.15, 0.2) is 29.2 Å². The van der Waals surface area contributed by atoms with Crippen LogP contribution in [0.1, 0.15) is 32.3 Å². The van der Waals surface area contributed by atoms with E-state index in [1.165, 1.54) is 0 Å². The summed E-state index contributed by atoms with van der Waals surface area (Å²) in [5, 5.41) is 0. The average Bonchev–Trinajstić information content (AvgIpc) is 2.42. The van der Waals surface area contributed by atoms with Gasteiger partial charge in [-0.2, -0.15) is 4.31 Å². The highest BCUT2D eigenvalue weighted by Gasteiger charge is 2.34. The molecule has 0 aliphatic carbocycles. The first-order valence-electron chi connectivity index (χ1n) is 7.27. The van der Waals surface area contributed by atoms with E-state index in [2.05, 4.69) is 6.92 Å². The van der Waals surface area contributed by atoms with Crippen LogP contribution in [0.25, 0.3) is 0 Å². The van der Waals surface area contributed by atoms with Crippen LogP contribution in [-0.4, -0.2) is 31.9 Å². The number of hydrogen-bond acceptors (Lipinski definition) is 3. The molecule has 5 heteroatoms. The number of sulfonamides is 1. The van der Waals surface area contributed by atoms with Crippen LogP contribution < -0.4 is 5.73 Å². The Morgan fingerprint density at radius 3 is 2.50 bits per heavy atom. The van der Waals surface area contributed by atoms with E-state index in [9.17, 15) is 8.42 Å². The van der Waals surface area contributed by atoms with Gasteiger partial charge in [-0.3, -0.25) is 0 Å². The van der Waals surface area contributed by atoms with E-state index in [-0.39, 0.29) is 6.04 Å². The Kier molecular flexibility index (Phi) is 4.83. The molecule has 1 aliphatic heterocycles. The first-order valence-corrected chi connectivity index (χ1v) is 8.71. The second-order valence-corrected chi connectivity index (χ2v) is 7.55. The SMILES string of the molecule is CC1CCCN(S(=O)(=O)c2ccc(CCN)cc2)C1C. The van der Waals surface area contributed by atoms with Gasteiger partial charge in [-0.15, -0.1) is 0 Å². The lowest BCUT2D eigenvalue weighted by Gasteiger charge is -2.36. The molecule has 112 valence electrons. The number of nitrogens with zero attached hydrogens (tertiary/aromatic N) is 1. The molecule has 1 heterocycles. The molecule has 0 spiro atoms. The molecule has 0 radical (unpaired) electrons. The molecule has 0 aromatic heterocycles. The third-order valence-corrected chi connectivity index (χ3v) is 6.28. The number of benzene rings is 1. The molecule has 2 rings (SSSR count). The van der Waals surface area contributed by atoms with E-state index in [1.807, 2.05) is 19.1 Å². The maximum absolute atomic E-state index is 12.7. The van der Waals surface area contributed by atoms with E-state index in [4.69, 9.17) is 5.73 Å². The van der Waals surface area contributed by atoms with Gasteiger partial charge in [0.25, 0.3) is 0 Å². The van der Waals surface area contributed by atoms with Gasteiger partial charge in [0.1, 0.15) is 0 Å². The third kappa shape index (κ3) is 3.05. The minimum Gasteiger partial charge on any atom is -0.330 e. The smallest absolute Gasteiger partial charge is 0.243 e. The quantitative estimate of drug-likeness (QED) is 0.924. The Hall–Kier alpha value is -0.910. The van der Waals surface area contributed by atoms with Gasteiger partial charge < -0.3 is 5.73 Å². The number of hydrogen-bond donors (Lipinski definition) is 1. The zero-order valence-electron chi connectivity index (χ0n) is 12.2. The molecular weight excluding hydrogens is 272 g/mol. The molecule has 1 aromatic rings. The Balaban J connectivity index is 2.25. The maximum Gasteiger partial charge on any atom is 0.243 e. The average molecular weight is 296 g/mol. The highest BCUT2D eigenvalue weighted by atomic mass is 32.2. The predicted octanol–water partition coefficient (Wildman–Crippen LogP) is 2.00. The maximum atomic E-state index is 12.7. The largest absolute Gasteiger partial charge is 0.330 e. The van der Waals surface area contributed by atoms with Crippen molar-refractivity contribution in [2.75, 3.05) is 13.1 Å². The second-order valence-electron chi connectivity index (χ2n) is 5.66. The summed E-state index contributed by atoms with van der Waals surface area (Å²) < 4.78 is 27.1. The number of nitrogens with two attached hydrogens (primary N) is 1. The standard InChI is InChI=1S/C15H24N2O2S/c1-12-4-3-11-17(13(12)2)20(18,19)15-7-5-14(6-8-15)9-10-16/h5-8,12-13H,3-4,9-11,16H2,1-2H3. The summed E-state index contributed by atoms with van der Waals surface area (Å²) in [5.41, 5.74) is 6.58. The van der Waals surface area contributed by atoms with Crippen LogP contribution in [0.2, 0.25) is 0 Å². The molecule has 1 aliphatic rings. The lowest BCUT2D eigenvalue weighted by atomic mass is 9.94. The fourth-order valence-electron chi connectivity index (χ4n) is 2.77. The molecule has 20 heavy (non-hydrogen) atoms. The van der Waals surface area contributed by atoms with Gasteiger partial charge >= 0.3 is 0 Å². The first-order chi connectivity index (χ1) is 9.46. The van der Waals surface area contributed by atoms with Crippen molar-refractivity contribution < 1.29 is 8.42 Å². The summed E-state index contributed by atoms with van der Waals surface area (Å²) in [6, 6.07) is 7.19. The topological polar surface area (TPSA) is 63.4 Å². The zero-order chi connectivity index (χ0) is 14.8. The fourth-order valence-corrected chi connectivity index (χ4v) is 4.53. The highest BCUT2D eigenvalue weighted by molar-refractivity contribution is 7.89. The summed E-state index contributed by atoms with van der Waals surface area (Å²) >= 11 is 0. The van der Waals surface area contributed by atoms with Crippen molar-refractivity contribution in [3.8, 4) is 0 Å². The van der Waals surface area contributed by atoms with Gasteiger partial charge in [-0.1, -0.05) is 19.1 Å². The van der Waals surface area contributed by atoms with Gasteiger partial charge in [0.15, 0.2) is 0 Å². The van der Waals surface area contributed by atoms with E-state index in [0.29, 0.717) is 23.9 Å². The number of piperidine rings is 1. The molecule has 2 unspecified atom stereocenters. The van der Waals surface area contributed by atoms with Gasteiger partial charge in [-0.25, -0.2) is 8.42 Å². The summed E-state index contributed by atoms with van der Waals surface area (Å²) in [6.07, 6.45) is 2.82. The Morgan fingerprint density at radius 2 is 1.90 bits per heavy atom. The van der Waals surface area contributed by atoms with Crippen LogP contribution in [0, 0.1) is 5.92 Å². The minimum atomic E-state index is -3.37. The third-order valence-electron chi connectivity index (χ3n) is 4.28. The Morgan fingerprint density at radius 1 is 1.25 bits per heavy atom. The van der Waals surface area contributed by atoms with Gasteiger partial charge in [0, 0.05) is 12.6 Å². The Labute approximate surface area is 122 Å². The van der Waals surface area contributed by atoms with Gasteiger partial charge in [-0.05, 0) is 56.3 Å². The van der Waals surface area contributed by atoms with E-state index in [0.717, 1.165) is 24.8 Å². The summed E-state index contributed by atoms with van der Waals surface area (Å²) in [6.45, 7) is 5.33. The van der Waals surface area contributed by atoms with Gasteiger partial charge in [0.2, 0.25) is 10.0 Å². The molecule has 2 atom stereocenters. The molecule has 0 bridgehead atoms. The molecule has 1 aromatic carbocycles. The minimum absolute atomic E-state index is 0.0671. The first kappa shape index (κ1) is 15.5. The molecule has 1 fully saturated rings. The predicted molar refractivity (Wildman–Crippen MR) is 81.0 cm³/mol. The molecule has 0 amide bonds. The summed E-state index contributed by atoms with van der Waals surface area (Å²) in [5.74, 6) is 0.412. The second kappa shape index (κ2) is 6.24. The normalized spacial score (nSPS) is 24.8. The lowest BCUT2D eigenvalue weighted by Crippen LogP contribution is -2.45. The van der Waals surface area contributed by atoms with Gasteiger partial charge in [0.05, 0.1) is 4.90 Å². The van der Waals surface area contributed by atoms with E-state index >= 15 is 0 Å². The van der Waals surface area contributed by atoms with Crippen molar-refractivity contribution in [3.63, 3.8) is 0 Å². The summed E-state index contributed by atoms with van der Waals surface area (Å²) in [4.78, 5) is 0.388.